The first-order chi connectivity index (χ1) is 10.1. The van der Waals surface area contributed by atoms with Crippen molar-refractivity contribution in [2.75, 3.05) is 12.3 Å². The van der Waals surface area contributed by atoms with E-state index in [9.17, 15) is 4.79 Å². The molecule has 0 radical (unpaired) electrons. The molecule has 3 rings (SSSR count). The first-order valence-electron chi connectivity index (χ1n) is 6.96. The van der Waals surface area contributed by atoms with E-state index >= 15 is 0 Å². The molecule has 1 heterocycles. The average Bonchev–Trinajstić information content (AvgIpc) is 2.95. The van der Waals surface area contributed by atoms with Crippen molar-refractivity contribution in [3.8, 4) is 5.75 Å². The van der Waals surface area contributed by atoms with Gasteiger partial charge in [-0.15, -0.1) is 0 Å². The molecule has 0 amide bonds. The van der Waals surface area contributed by atoms with Gasteiger partial charge in [-0.05, 0) is 41.8 Å². The molecule has 0 aliphatic carbocycles. The topological polar surface area (TPSA) is 52.3 Å². The third kappa shape index (κ3) is 3.03. The molecule has 0 unspecified atom stereocenters. The molecule has 3 nitrogen and oxygen atoms in total. The Kier molecular flexibility index (Phi) is 3.84. The fourth-order valence-corrected chi connectivity index (χ4v) is 2.68. The summed E-state index contributed by atoms with van der Waals surface area (Å²) in [5.74, 6) is 1.05. The summed E-state index contributed by atoms with van der Waals surface area (Å²) in [6.45, 7) is 0.752. The van der Waals surface area contributed by atoms with Gasteiger partial charge >= 0.3 is 0 Å². The standard InChI is InChI=1S/C17H16ClNO2/c18-14-10-12(3-4-15(14)19)16(20)5-1-11-2-6-17-13(9-11)7-8-21-17/h2-4,6,9-10H,1,5,7-8,19H2. The summed E-state index contributed by atoms with van der Waals surface area (Å²) in [5.41, 5.74) is 9.15. The van der Waals surface area contributed by atoms with Crippen molar-refractivity contribution in [1.29, 1.82) is 0 Å². The summed E-state index contributed by atoms with van der Waals surface area (Å²) in [6, 6.07) is 11.2. The molecule has 0 saturated heterocycles. The molecule has 0 saturated carbocycles. The predicted molar refractivity (Wildman–Crippen MR) is 84.2 cm³/mol. The maximum absolute atomic E-state index is 12.2. The molecule has 0 atom stereocenters. The predicted octanol–water partition coefficient (Wildman–Crippen LogP) is 3.67. The number of carbonyl (C=O) groups excluding carboxylic acids is 1. The van der Waals surface area contributed by atoms with Crippen molar-refractivity contribution >= 4 is 23.1 Å². The Hall–Kier alpha value is -2.00. The molecule has 1 aliphatic heterocycles. The van der Waals surface area contributed by atoms with Gasteiger partial charge in [0.1, 0.15) is 5.75 Å². The Morgan fingerprint density at radius 1 is 1.24 bits per heavy atom. The summed E-state index contributed by atoms with van der Waals surface area (Å²) in [7, 11) is 0. The molecule has 4 heteroatoms. The highest BCUT2D eigenvalue weighted by molar-refractivity contribution is 6.33. The van der Waals surface area contributed by atoms with E-state index in [0.29, 0.717) is 29.1 Å². The number of ether oxygens (including phenoxy) is 1. The maximum Gasteiger partial charge on any atom is 0.163 e. The Morgan fingerprint density at radius 2 is 2.10 bits per heavy atom. The van der Waals surface area contributed by atoms with Crippen molar-refractivity contribution < 1.29 is 9.53 Å². The minimum Gasteiger partial charge on any atom is -0.493 e. The molecule has 2 aromatic rings. The molecule has 1 aliphatic rings. The highest BCUT2D eigenvalue weighted by Gasteiger charge is 2.13. The highest BCUT2D eigenvalue weighted by atomic mass is 35.5. The lowest BCUT2D eigenvalue weighted by atomic mass is 10.0. The molecule has 0 spiro atoms. The van der Waals surface area contributed by atoms with E-state index < -0.39 is 0 Å². The summed E-state index contributed by atoms with van der Waals surface area (Å²) in [6.07, 6.45) is 2.12. The van der Waals surface area contributed by atoms with Crippen LogP contribution in [-0.2, 0) is 12.8 Å². The monoisotopic (exact) mass is 301 g/mol. The molecule has 0 fully saturated rings. The number of nitrogens with two attached hydrogens (primary N) is 1. The minimum atomic E-state index is 0.0775. The first-order valence-corrected chi connectivity index (χ1v) is 7.34. The quantitative estimate of drug-likeness (QED) is 0.692. The molecule has 2 N–H and O–H groups in total. The number of hydrogen-bond donors (Lipinski definition) is 1. The van der Waals surface area contributed by atoms with E-state index in [1.54, 1.807) is 18.2 Å². The Balaban J connectivity index is 1.67. The van der Waals surface area contributed by atoms with Gasteiger partial charge in [-0.2, -0.15) is 0 Å². The van der Waals surface area contributed by atoms with Crippen LogP contribution < -0.4 is 10.5 Å². The van der Waals surface area contributed by atoms with Crippen molar-refractivity contribution in [1.82, 2.24) is 0 Å². The molecular formula is C17H16ClNO2. The normalized spacial score (nSPS) is 12.8. The SMILES string of the molecule is Nc1ccc(C(=O)CCc2ccc3c(c2)CCO3)cc1Cl. The number of halogens is 1. The number of fused-ring (bicyclic) bond motifs is 1. The Morgan fingerprint density at radius 3 is 2.90 bits per heavy atom. The molecule has 108 valence electrons. The van der Waals surface area contributed by atoms with Gasteiger partial charge < -0.3 is 10.5 Å². The lowest BCUT2D eigenvalue weighted by Crippen LogP contribution is -2.02. The Bertz CT molecular complexity index is 697. The van der Waals surface area contributed by atoms with Crippen molar-refractivity contribution in [3.63, 3.8) is 0 Å². The molecule has 0 bridgehead atoms. The van der Waals surface area contributed by atoms with Crippen LogP contribution in [0.2, 0.25) is 5.02 Å². The van der Waals surface area contributed by atoms with Crippen molar-refractivity contribution in [2.24, 2.45) is 0 Å². The molecular weight excluding hydrogens is 286 g/mol. The smallest absolute Gasteiger partial charge is 0.163 e. The molecule has 21 heavy (non-hydrogen) atoms. The zero-order valence-corrected chi connectivity index (χ0v) is 12.3. The Labute approximate surface area is 128 Å². The number of benzene rings is 2. The second kappa shape index (κ2) is 5.78. The highest BCUT2D eigenvalue weighted by Crippen LogP contribution is 2.26. The number of anilines is 1. The summed E-state index contributed by atoms with van der Waals surface area (Å²) < 4.78 is 5.48. The van der Waals surface area contributed by atoms with Crippen molar-refractivity contribution in [2.45, 2.75) is 19.3 Å². The van der Waals surface area contributed by atoms with E-state index in [1.165, 1.54) is 5.56 Å². The van der Waals surface area contributed by atoms with Crippen LogP contribution in [0.25, 0.3) is 0 Å². The van der Waals surface area contributed by atoms with Gasteiger partial charge in [-0.1, -0.05) is 23.7 Å². The van der Waals surface area contributed by atoms with Gasteiger partial charge in [0.2, 0.25) is 0 Å². The van der Waals surface area contributed by atoms with Gasteiger partial charge in [0, 0.05) is 18.4 Å². The number of rotatable bonds is 4. The van der Waals surface area contributed by atoms with E-state index in [-0.39, 0.29) is 5.78 Å². The van der Waals surface area contributed by atoms with Crippen LogP contribution in [0.1, 0.15) is 27.9 Å². The largest absolute Gasteiger partial charge is 0.493 e. The number of nitrogen functional groups attached to an aromatic ring is 1. The van der Waals surface area contributed by atoms with Crippen molar-refractivity contribution in [3.05, 3.63) is 58.1 Å². The van der Waals surface area contributed by atoms with Crippen LogP contribution in [0.15, 0.2) is 36.4 Å². The number of hydrogen-bond acceptors (Lipinski definition) is 3. The first kappa shape index (κ1) is 14.0. The van der Waals surface area contributed by atoms with E-state index in [1.807, 2.05) is 12.1 Å². The van der Waals surface area contributed by atoms with Crippen LogP contribution in [0.4, 0.5) is 5.69 Å². The number of Topliss-reactive ketones (excluding diaryl/α,β-unsaturated/α-hetero) is 1. The molecule has 0 aromatic heterocycles. The number of aryl methyl sites for hydroxylation is 1. The number of ketones is 1. The number of carbonyl (C=O) groups is 1. The van der Waals surface area contributed by atoms with Gasteiger partial charge in [-0.3, -0.25) is 4.79 Å². The van der Waals surface area contributed by atoms with Crippen LogP contribution >= 0.6 is 11.6 Å². The fraction of sp³-hybridized carbons (Fsp3) is 0.235. The maximum atomic E-state index is 12.2. The third-order valence-electron chi connectivity index (χ3n) is 3.72. The summed E-state index contributed by atoms with van der Waals surface area (Å²) in [5, 5.41) is 0.426. The van der Waals surface area contributed by atoms with Crippen LogP contribution in [0, 0.1) is 0 Å². The average molecular weight is 302 g/mol. The third-order valence-corrected chi connectivity index (χ3v) is 4.04. The zero-order chi connectivity index (χ0) is 14.8. The van der Waals surface area contributed by atoms with E-state index in [4.69, 9.17) is 22.1 Å². The summed E-state index contributed by atoms with van der Waals surface area (Å²) in [4.78, 5) is 12.2. The minimum absolute atomic E-state index is 0.0775. The van der Waals surface area contributed by atoms with Crippen LogP contribution in [0.5, 0.6) is 5.75 Å². The summed E-state index contributed by atoms with van der Waals surface area (Å²) >= 11 is 5.95. The van der Waals surface area contributed by atoms with Gasteiger partial charge in [0.05, 0.1) is 17.3 Å². The lowest BCUT2D eigenvalue weighted by Gasteiger charge is -2.05. The van der Waals surface area contributed by atoms with Crippen LogP contribution in [0.3, 0.4) is 0 Å². The molecule has 2 aromatic carbocycles. The van der Waals surface area contributed by atoms with Gasteiger partial charge in [0.15, 0.2) is 5.78 Å². The van der Waals surface area contributed by atoms with Gasteiger partial charge in [0.25, 0.3) is 0 Å². The second-order valence-electron chi connectivity index (χ2n) is 5.20. The van der Waals surface area contributed by atoms with E-state index in [2.05, 4.69) is 6.07 Å². The zero-order valence-electron chi connectivity index (χ0n) is 11.6. The fourth-order valence-electron chi connectivity index (χ4n) is 2.50. The van der Waals surface area contributed by atoms with Gasteiger partial charge in [-0.25, -0.2) is 0 Å². The van der Waals surface area contributed by atoms with E-state index in [0.717, 1.165) is 24.3 Å². The van der Waals surface area contributed by atoms with Crippen LogP contribution in [-0.4, -0.2) is 12.4 Å². The lowest BCUT2D eigenvalue weighted by molar-refractivity contribution is 0.0983. The second-order valence-corrected chi connectivity index (χ2v) is 5.61.